The number of rotatable bonds is 1. The molecule has 0 saturated heterocycles. The van der Waals surface area contributed by atoms with Gasteiger partial charge in [0.1, 0.15) is 11.8 Å². The first kappa shape index (κ1) is 6.54. The van der Waals surface area contributed by atoms with Gasteiger partial charge in [0.05, 0.1) is 4.91 Å². The highest BCUT2D eigenvalue weighted by molar-refractivity contribution is 5.34. The number of hydrogen-bond donors (Lipinski definition) is 2. The molecule has 51 valence electrons. The average molecular weight is 138 g/mol. The Bertz CT molecular complexity index is 260. The van der Waals surface area contributed by atoms with Crippen molar-refractivity contribution in [2.75, 3.05) is 0 Å². The summed E-state index contributed by atoms with van der Waals surface area (Å²) in [6, 6.07) is 6.72. The summed E-state index contributed by atoms with van der Waals surface area (Å²) >= 11 is 0. The van der Waals surface area contributed by atoms with Crippen LogP contribution >= 0.6 is 0 Å². The van der Waals surface area contributed by atoms with E-state index in [1.54, 1.807) is 0 Å². The number of aromatic hydroxyl groups is 1. The van der Waals surface area contributed by atoms with Crippen molar-refractivity contribution in [3.8, 4) is 5.75 Å². The van der Waals surface area contributed by atoms with E-state index >= 15 is 0 Å². The van der Waals surface area contributed by atoms with E-state index in [2.05, 4.69) is 6.07 Å². The number of nitrogens with zero attached hydrogens (tertiary/aromatic N) is 1. The van der Waals surface area contributed by atoms with E-state index in [0.29, 0.717) is 0 Å². The molecule has 0 aromatic heterocycles. The van der Waals surface area contributed by atoms with Gasteiger partial charge in [-0.1, -0.05) is 6.07 Å². The van der Waals surface area contributed by atoms with Crippen LogP contribution in [0.15, 0.2) is 18.2 Å². The van der Waals surface area contributed by atoms with Crippen molar-refractivity contribution in [2.45, 2.75) is 0 Å². The van der Waals surface area contributed by atoms with E-state index in [4.69, 9.17) is 10.9 Å². The highest BCUT2D eigenvalue weighted by Gasteiger charge is 2.07. The number of nitroso groups, excluding NO2 is 1. The average Bonchev–Trinajstić information content (AvgIpc) is 1.88. The van der Waals surface area contributed by atoms with Crippen LogP contribution in [0.1, 0.15) is 0 Å². The SMILES string of the molecule is N[N+](=O)c1[c]c(O)ccc1. The van der Waals surface area contributed by atoms with Crippen LogP contribution in [0.25, 0.3) is 0 Å². The Labute approximate surface area is 57.4 Å². The minimum absolute atomic E-state index is 0.0937. The Morgan fingerprint density at radius 2 is 2.30 bits per heavy atom. The quantitative estimate of drug-likeness (QED) is 0.337. The molecule has 0 fully saturated rings. The second kappa shape index (κ2) is 2.34. The van der Waals surface area contributed by atoms with Gasteiger partial charge in [0.2, 0.25) is 0 Å². The molecule has 1 aromatic carbocycles. The Balaban J connectivity index is 3.07. The van der Waals surface area contributed by atoms with E-state index < -0.39 is 0 Å². The minimum Gasteiger partial charge on any atom is -0.507 e. The van der Waals surface area contributed by atoms with Crippen LogP contribution in [0.2, 0.25) is 0 Å². The third kappa shape index (κ3) is 1.22. The molecule has 0 aliphatic rings. The lowest BCUT2D eigenvalue weighted by Crippen LogP contribution is -2.08. The van der Waals surface area contributed by atoms with Gasteiger partial charge in [-0.25, -0.2) is 0 Å². The fourth-order valence-electron chi connectivity index (χ4n) is 0.574. The maximum absolute atomic E-state index is 10.3. The number of benzene rings is 1. The monoisotopic (exact) mass is 138 g/mol. The molecule has 1 rings (SSSR count). The number of hydrazine groups is 1. The Morgan fingerprint density at radius 3 is 2.70 bits per heavy atom. The largest absolute Gasteiger partial charge is 0.507 e. The van der Waals surface area contributed by atoms with E-state index in [1.165, 1.54) is 18.2 Å². The molecule has 0 bridgehead atoms. The molecule has 1 aromatic rings. The van der Waals surface area contributed by atoms with Crippen LogP contribution in [0.4, 0.5) is 5.69 Å². The Hall–Kier alpha value is -1.58. The molecule has 1 radical (unpaired) electrons. The predicted molar refractivity (Wildman–Crippen MR) is 34.4 cm³/mol. The third-order valence-electron chi connectivity index (χ3n) is 1.00. The zero-order valence-corrected chi connectivity index (χ0v) is 5.11. The van der Waals surface area contributed by atoms with Crippen molar-refractivity contribution in [2.24, 2.45) is 5.84 Å². The van der Waals surface area contributed by atoms with Crippen molar-refractivity contribution in [1.29, 1.82) is 0 Å². The first-order valence-corrected chi connectivity index (χ1v) is 2.63. The summed E-state index contributed by atoms with van der Waals surface area (Å²) in [7, 11) is 0. The van der Waals surface area contributed by atoms with E-state index in [-0.39, 0.29) is 16.3 Å². The van der Waals surface area contributed by atoms with Gasteiger partial charge >= 0.3 is 5.69 Å². The number of nitrogens with two attached hydrogens (primary N) is 1. The van der Waals surface area contributed by atoms with Crippen LogP contribution in [-0.4, -0.2) is 9.98 Å². The molecule has 3 N–H and O–H groups in total. The fourth-order valence-corrected chi connectivity index (χ4v) is 0.574. The maximum Gasteiger partial charge on any atom is 0.303 e. The summed E-state index contributed by atoms with van der Waals surface area (Å²) in [4.78, 5) is 10.5. The molecule has 0 unspecified atom stereocenters. The molecular formula is C6H6N2O2+. The van der Waals surface area contributed by atoms with Gasteiger partial charge in [0.25, 0.3) is 0 Å². The molecule has 0 heterocycles. The molecule has 10 heavy (non-hydrogen) atoms. The maximum atomic E-state index is 10.3. The molecule has 0 spiro atoms. The third-order valence-corrected chi connectivity index (χ3v) is 1.00. The topological polar surface area (TPSA) is 66.3 Å². The van der Waals surface area contributed by atoms with Crippen molar-refractivity contribution in [1.82, 2.24) is 0 Å². The lowest BCUT2D eigenvalue weighted by molar-refractivity contribution is -0.475. The van der Waals surface area contributed by atoms with Gasteiger partial charge in [-0.3, -0.25) is 0 Å². The second-order valence-electron chi connectivity index (χ2n) is 1.75. The molecular weight excluding hydrogens is 132 g/mol. The molecule has 0 aliphatic carbocycles. The first-order chi connectivity index (χ1) is 4.70. The first-order valence-electron chi connectivity index (χ1n) is 2.63. The van der Waals surface area contributed by atoms with Crippen molar-refractivity contribution >= 4 is 5.69 Å². The van der Waals surface area contributed by atoms with Gasteiger partial charge in [-0.15, -0.1) is 0 Å². The van der Waals surface area contributed by atoms with Crippen molar-refractivity contribution in [3.63, 3.8) is 0 Å². The standard InChI is InChI=1S/C6H5N2O2/c7-8(10)5-2-1-3-6(9)4-5/h1-3H,(H2-,7,9,10)/p+1. The molecule has 4 nitrogen and oxygen atoms in total. The van der Waals surface area contributed by atoms with E-state index in [9.17, 15) is 4.91 Å². The van der Waals surface area contributed by atoms with Gasteiger partial charge in [0.15, 0.2) is 4.87 Å². The fraction of sp³-hybridized carbons (Fsp3) is 0. The number of hydrogen-bond acceptors (Lipinski definition) is 2. The Morgan fingerprint density at radius 1 is 1.60 bits per heavy atom. The van der Waals surface area contributed by atoms with Crippen LogP contribution in [-0.2, 0) is 0 Å². The summed E-state index contributed by atoms with van der Waals surface area (Å²) in [5.74, 6) is 4.72. The van der Waals surface area contributed by atoms with Crippen LogP contribution in [0.5, 0.6) is 5.75 Å². The lowest BCUT2D eigenvalue weighted by Gasteiger charge is -1.86. The molecule has 0 atom stereocenters. The molecule has 0 saturated carbocycles. The highest BCUT2D eigenvalue weighted by atomic mass is 16.3. The predicted octanol–water partition coefficient (Wildman–Crippen LogP) is 0.476. The second-order valence-corrected chi connectivity index (χ2v) is 1.75. The summed E-state index contributed by atoms with van der Waals surface area (Å²) in [5.41, 5.74) is 0.111. The lowest BCUT2D eigenvalue weighted by atomic mass is 10.3. The van der Waals surface area contributed by atoms with Gasteiger partial charge in [0, 0.05) is 6.07 Å². The van der Waals surface area contributed by atoms with Crippen LogP contribution in [0, 0.1) is 11.0 Å². The van der Waals surface area contributed by atoms with Gasteiger partial charge < -0.3 is 5.11 Å². The van der Waals surface area contributed by atoms with Gasteiger partial charge in [-0.2, -0.15) is 5.84 Å². The van der Waals surface area contributed by atoms with Crippen molar-refractivity contribution < 1.29 is 9.98 Å². The highest BCUT2D eigenvalue weighted by Crippen LogP contribution is 2.14. The molecule has 4 heteroatoms. The van der Waals surface area contributed by atoms with Gasteiger partial charge in [-0.05, 0) is 6.07 Å². The summed E-state index contributed by atoms with van der Waals surface area (Å²) in [5, 5.41) is 8.79. The Kier molecular flexibility index (Phi) is 1.53. The zero-order chi connectivity index (χ0) is 7.56. The molecule has 0 amide bonds. The normalized spacial score (nSPS) is 9.20. The van der Waals surface area contributed by atoms with Crippen LogP contribution < -0.4 is 5.84 Å². The van der Waals surface area contributed by atoms with E-state index in [0.717, 1.165) is 0 Å². The minimum atomic E-state index is -0.0937. The van der Waals surface area contributed by atoms with E-state index in [1.807, 2.05) is 0 Å². The van der Waals surface area contributed by atoms with Crippen molar-refractivity contribution in [3.05, 3.63) is 29.2 Å². The van der Waals surface area contributed by atoms with Crippen LogP contribution in [0.3, 0.4) is 0 Å². The molecule has 0 aliphatic heterocycles. The zero-order valence-electron chi connectivity index (χ0n) is 5.11. The number of phenols is 1. The number of phenolic OH excluding ortho intramolecular Hbond substituents is 1. The smallest absolute Gasteiger partial charge is 0.303 e. The summed E-state index contributed by atoms with van der Waals surface area (Å²) in [6.45, 7) is 0. The summed E-state index contributed by atoms with van der Waals surface area (Å²) < 4.78 is 0. The summed E-state index contributed by atoms with van der Waals surface area (Å²) in [6.07, 6.45) is 0.